The van der Waals surface area contributed by atoms with Gasteiger partial charge in [0.05, 0.1) is 32.2 Å². The number of ether oxygens (including phenoxy) is 4. The molecule has 0 radical (unpaired) electrons. The zero-order chi connectivity index (χ0) is 25.9. The second-order valence-corrected chi connectivity index (χ2v) is 8.61. The van der Waals surface area contributed by atoms with E-state index in [2.05, 4.69) is 4.98 Å². The van der Waals surface area contributed by atoms with Crippen molar-refractivity contribution in [1.29, 1.82) is 0 Å². The predicted molar refractivity (Wildman–Crippen MR) is 133 cm³/mol. The minimum absolute atomic E-state index is 0.0316. The second-order valence-electron chi connectivity index (χ2n) is 8.61. The van der Waals surface area contributed by atoms with Gasteiger partial charge in [-0.05, 0) is 42.8 Å². The van der Waals surface area contributed by atoms with Gasteiger partial charge in [0.25, 0.3) is 11.7 Å². The summed E-state index contributed by atoms with van der Waals surface area (Å²) in [6.45, 7) is 1.68. The van der Waals surface area contributed by atoms with E-state index in [0.717, 1.165) is 0 Å². The lowest BCUT2D eigenvalue weighted by molar-refractivity contribution is -0.140. The number of hydrogen-bond donors (Lipinski definition) is 1. The molecule has 2 aliphatic rings. The minimum atomic E-state index is -0.888. The van der Waals surface area contributed by atoms with Crippen molar-refractivity contribution in [3.05, 3.63) is 71.8 Å². The number of rotatable bonds is 8. The maximum Gasteiger partial charge on any atom is 0.295 e. The Kier molecular flexibility index (Phi) is 6.72. The van der Waals surface area contributed by atoms with Crippen LogP contribution >= 0.6 is 0 Å². The lowest BCUT2D eigenvalue weighted by atomic mass is 9.94. The Morgan fingerprint density at radius 3 is 2.59 bits per heavy atom. The van der Waals surface area contributed by atoms with Crippen molar-refractivity contribution in [2.75, 3.05) is 34.0 Å². The average Bonchev–Trinajstić information content (AvgIpc) is 3.54. The summed E-state index contributed by atoms with van der Waals surface area (Å²) >= 11 is 0. The molecule has 1 unspecified atom stereocenters. The molecule has 2 aliphatic heterocycles. The van der Waals surface area contributed by atoms with Crippen LogP contribution in [0, 0.1) is 0 Å². The molecule has 1 atom stereocenters. The lowest BCUT2D eigenvalue weighted by Gasteiger charge is -2.27. The van der Waals surface area contributed by atoms with Crippen LogP contribution in [-0.2, 0) is 16.1 Å². The van der Waals surface area contributed by atoms with E-state index in [1.807, 2.05) is 10.8 Å². The summed E-state index contributed by atoms with van der Waals surface area (Å²) in [6.07, 6.45) is 5.77. The molecular weight excluding hydrogens is 478 g/mol. The third-order valence-electron chi connectivity index (χ3n) is 6.46. The van der Waals surface area contributed by atoms with E-state index in [9.17, 15) is 14.7 Å². The number of benzene rings is 2. The average molecular weight is 506 g/mol. The van der Waals surface area contributed by atoms with E-state index in [-0.39, 0.29) is 17.9 Å². The van der Waals surface area contributed by atoms with Gasteiger partial charge in [0.15, 0.2) is 11.5 Å². The Morgan fingerprint density at radius 1 is 1.05 bits per heavy atom. The maximum atomic E-state index is 13.4. The lowest BCUT2D eigenvalue weighted by Crippen LogP contribution is -2.31. The topological polar surface area (TPSA) is 112 Å². The second kappa shape index (κ2) is 10.3. The molecule has 0 bridgehead atoms. The van der Waals surface area contributed by atoms with Gasteiger partial charge in [0, 0.05) is 36.6 Å². The van der Waals surface area contributed by atoms with Gasteiger partial charge in [-0.1, -0.05) is 0 Å². The summed E-state index contributed by atoms with van der Waals surface area (Å²) in [5, 5.41) is 11.4. The number of aromatic nitrogens is 2. The van der Waals surface area contributed by atoms with Crippen molar-refractivity contribution in [2.45, 2.75) is 19.0 Å². The van der Waals surface area contributed by atoms with Crippen molar-refractivity contribution < 1.29 is 33.6 Å². The number of aliphatic hydroxyl groups excluding tert-OH is 1. The number of methoxy groups -OCH3 is 2. The maximum absolute atomic E-state index is 13.4. The van der Waals surface area contributed by atoms with Gasteiger partial charge in [-0.3, -0.25) is 9.59 Å². The van der Waals surface area contributed by atoms with Gasteiger partial charge in [-0.15, -0.1) is 0 Å². The Hall–Kier alpha value is -4.47. The number of aryl methyl sites for hydroxylation is 1. The van der Waals surface area contributed by atoms with Crippen LogP contribution in [0.5, 0.6) is 23.0 Å². The van der Waals surface area contributed by atoms with Crippen LogP contribution in [0.1, 0.15) is 23.6 Å². The number of nitrogens with zero attached hydrogens (tertiary/aromatic N) is 3. The predicted octanol–water partition coefficient (Wildman–Crippen LogP) is 3.18. The molecule has 5 rings (SSSR count). The summed E-state index contributed by atoms with van der Waals surface area (Å²) in [7, 11) is 3.04. The first-order valence-electron chi connectivity index (χ1n) is 11.9. The van der Waals surface area contributed by atoms with Gasteiger partial charge in [0.2, 0.25) is 0 Å². The fraction of sp³-hybridized carbons (Fsp3) is 0.296. The van der Waals surface area contributed by atoms with Gasteiger partial charge >= 0.3 is 0 Å². The highest BCUT2D eigenvalue weighted by Crippen LogP contribution is 2.44. The van der Waals surface area contributed by atoms with Crippen molar-refractivity contribution >= 4 is 17.4 Å². The van der Waals surface area contributed by atoms with E-state index in [0.29, 0.717) is 60.3 Å². The number of fused-ring (bicyclic) bond motifs is 1. The summed E-state index contributed by atoms with van der Waals surface area (Å²) < 4.78 is 24.1. The number of amides is 1. The normalized spacial score (nSPS) is 18.2. The molecule has 0 aliphatic carbocycles. The van der Waals surface area contributed by atoms with Crippen LogP contribution in [0.25, 0.3) is 5.76 Å². The number of ketones is 1. The molecule has 1 N–H and O–H groups in total. The van der Waals surface area contributed by atoms with Crippen LogP contribution in [0.15, 0.2) is 60.7 Å². The number of aliphatic hydroxyl groups is 1. The minimum Gasteiger partial charge on any atom is -0.507 e. The highest BCUT2D eigenvalue weighted by molar-refractivity contribution is 6.46. The van der Waals surface area contributed by atoms with Gasteiger partial charge in [-0.25, -0.2) is 4.98 Å². The number of Topliss-reactive ketones (excluding diaryl/α,β-unsaturated/α-hetero) is 1. The summed E-state index contributed by atoms with van der Waals surface area (Å²) in [6, 6.07) is 9.19. The molecule has 3 heterocycles. The highest BCUT2D eigenvalue weighted by Gasteiger charge is 2.47. The number of likely N-dealkylation sites (tertiary alicyclic amines) is 1. The molecule has 0 spiro atoms. The third kappa shape index (κ3) is 4.57. The Balaban J connectivity index is 1.60. The molecule has 10 nitrogen and oxygen atoms in total. The van der Waals surface area contributed by atoms with E-state index in [1.54, 1.807) is 48.9 Å². The van der Waals surface area contributed by atoms with Crippen molar-refractivity contribution in [3.63, 3.8) is 0 Å². The van der Waals surface area contributed by atoms with Crippen LogP contribution in [0.3, 0.4) is 0 Å². The smallest absolute Gasteiger partial charge is 0.295 e. The summed E-state index contributed by atoms with van der Waals surface area (Å²) in [5.74, 6) is 0.223. The van der Waals surface area contributed by atoms with Gasteiger partial charge in [0.1, 0.15) is 30.5 Å². The van der Waals surface area contributed by atoms with E-state index in [1.165, 1.54) is 19.1 Å². The molecule has 3 aromatic rings. The Morgan fingerprint density at radius 2 is 1.86 bits per heavy atom. The molecule has 192 valence electrons. The number of hydrogen-bond acceptors (Lipinski definition) is 8. The van der Waals surface area contributed by atoms with Crippen LogP contribution in [0.4, 0.5) is 0 Å². The van der Waals surface area contributed by atoms with Crippen LogP contribution in [0.2, 0.25) is 0 Å². The number of imidazole rings is 1. The van der Waals surface area contributed by atoms with Gasteiger partial charge in [-0.2, -0.15) is 0 Å². The summed E-state index contributed by atoms with van der Waals surface area (Å²) in [4.78, 5) is 32.2. The first-order valence-corrected chi connectivity index (χ1v) is 11.9. The molecular formula is C27H27N3O7. The van der Waals surface area contributed by atoms with Crippen LogP contribution in [-0.4, -0.2) is 65.2 Å². The largest absolute Gasteiger partial charge is 0.507 e. The SMILES string of the molecule is COc1ccc(OC)c(C2C(=C(O)c3ccc4c(c3)OCCO4)C(=O)C(=O)N2CCCn2ccnc2)c1. The molecule has 1 fully saturated rings. The fourth-order valence-electron chi connectivity index (χ4n) is 4.68. The fourth-order valence-corrected chi connectivity index (χ4v) is 4.68. The molecule has 1 aromatic heterocycles. The van der Waals surface area contributed by atoms with Crippen molar-refractivity contribution in [3.8, 4) is 23.0 Å². The van der Waals surface area contributed by atoms with Crippen LogP contribution < -0.4 is 18.9 Å². The first-order chi connectivity index (χ1) is 18.0. The first kappa shape index (κ1) is 24.2. The Labute approximate surface area is 213 Å². The van der Waals surface area contributed by atoms with E-state index >= 15 is 0 Å². The zero-order valence-corrected chi connectivity index (χ0v) is 20.5. The summed E-state index contributed by atoms with van der Waals surface area (Å²) in [5.41, 5.74) is 0.839. The number of carbonyl (C=O) groups is 2. The molecule has 10 heteroatoms. The Bertz CT molecular complexity index is 1350. The van der Waals surface area contributed by atoms with E-state index in [4.69, 9.17) is 18.9 Å². The van der Waals surface area contributed by atoms with Gasteiger partial charge < -0.3 is 33.5 Å². The molecule has 2 aromatic carbocycles. The molecule has 1 saturated heterocycles. The zero-order valence-electron chi connectivity index (χ0n) is 20.5. The highest BCUT2D eigenvalue weighted by atomic mass is 16.6. The van der Waals surface area contributed by atoms with E-state index < -0.39 is 17.7 Å². The standard InChI is InChI=1S/C27H27N3O7/c1-34-18-5-7-20(35-2)19(15-18)24-23(25(31)17-4-6-21-22(14-17)37-13-12-36-21)26(32)27(33)30(24)10-3-9-29-11-8-28-16-29/h4-8,11,14-16,24,31H,3,9-10,12-13H2,1-2H3. The van der Waals surface area contributed by atoms with Crippen molar-refractivity contribution in [1.82, 2.24) is 14.5 Å². The van der Waals surface area contributed by atoms with Crippen molar-refractivity contribution in [2.24, 2.45) is 0 Å². The third-order valence-corrected chi connectivity index (χ3v) is 6.46. The molecule has 37 heavy (non-hydrogen) atoms. The quantitative estimate of drug-likeness (QED) is 0.282. The monoisotopic (exact) mass is 505 g/mol. The number of carbonyl (C=O) groups excluding carboxylic acids is 2. The molecule has 0 saturated carbocycles. The molecule has 1 amide bonds.